The molecule has 0 aromatic heterocycles. The molecule has 17 heavy (non-hydrogen) atoms. The summed E-state index contributed by atoms with van der Waals surface area (Å²) in [6.45, 7) is 19.6. The highest BCUT2D eigenvalue weighted by Gasteiger charge is 2.45. The van der Waals surface area contributed by atoms with Crippen LogP contribution in [0.25, 0.3) is 0 Å². The van der Waals surface area contributed by atoms with Crippen molar-refractivity contribution >= 4 is 16.6 Å². The summed E-state index contributed by atoms with van der Waals surface area (Å²) < 4.78 is 6.53. The molecule has 1 nitrogen and oxygen atoms in total. The maximum atomic E-state index is 6.53. The molecule has 1 fully saturated rings. The summed E-state index contributed by atoms with van der Waals surface area (Å²) in [6, 6.07) is 0. The van der Waals surface area contributed by atoms with Crippen LogP contribution >= 0.6 is 0 Å². The van der Waals surface area contributed by atoms with Crippen LogP contribution < -0.4 is 0 Å². The molecule has 0 aliphatic heterocycles. The maximum Gasteiger partial charge on any atom is 0.177 e. The van der Waals surface area contributed by atoms with Crippen molar-refractivity contribution in [3.05, 3.63) is 25.3 Å². The minimum absolute atomic E-state index is 0.635. The number of rotatable bonds is 5. The lowest BCUT2D eigenvalue weighted by atomic mass is 10.1. The first-order valence-corrected chi connectivity index (χ1v) is 13.0. The summed E-state index contributed by atoms with van der Waals surface area (Å²) in [7, 11) is -3.04. The molecule has 0 aromatic carbocycles. The Hall–Kier alpha value is -0.126. The second-order valence-electron chi connectivity index (χ2n) is 6.79. The van der Waals surface area contributed by atoms with Gasteiger partial charge in [0.25, 0.3) is 0 Å². The predicted octanol–water partition coefficient (Wildman–Crippen LogP) is 4.81. The maximum absolute atomic E-state index is 6.53. The number of hydrogen-bond donors (Lipinski definition) is 0. The molecule has 0 saturated heterocycles. The third kappa shape index (κ3) is 3.93. The molecule has 0 heterocycles. The average Bonchev–Trinajstić information content (AvgIpc) is 2.57. The third-order valence-corrected chi connectivity index (χ3v) is 10.8. The molecule has 0 radical (unpaired) electrons. The lowest BCUT2D eigenvalue weighted by molar-refractivity contribution is 0.500. The highest BCUT2D eigenvalue weighted by atomic mass is 28.4. The number of allylic oxidation sites excluding steroid dienone is 2. The van der Waals surface area contributed by atoms with Gasteiger partial charge in [-0.2, -0.15) is 0 Å². The largest absolute Gasteiger partial charge is 0.455 e. The topological polar surface area (TPSA) is 9.23 Å². The Morgan fingerprint density at radius 2 is 1.59 bits per heavy atom. The molecule has 0 amide bonds. The van der Waals surface area contributed by atoms with Crippen molar-refractivity contribution < 1.29 is 4.12 Å². The van der Waals surface area contributed by atoms with Gasteiger partial charge in [-0.25, -0.2) is 0 Å². The molecule has 0 aromatic rings. The first-order valence-electron chi connectivity index (χ1n) is 6.65. The highest BCUT2D eigenvalue weighted by molar-refractivity contribution is 6.85. The zero-order valence-electron chi connectivity index (χ0n) is 12.1. The highest BCUT2D eigenvalue weighted by Crippen LogP contribution is 2.48. The molecule has 0 spiro atoms. The van der Waals surface area contributed by atoms with Crippen LogP contribution in [0, 0.1) is 11.8 Å². The van der Waals surface area contributed by atoms with Gasteiger partial charge in [-0.15, -0.1) is 13.2 Å². The summed E-state index contributed by atoms with van der Waals surface area (Å²) in [5.74, 6) is 1.30. The van der Waals surface area contributed by atoms with Crippen molar-refractivity contribution in [3.63, 3.8) is 0 Å². The third-order valence-electron chi connectivity index (χ3n) is 3.75. The Morgan fingerprint density at radius 3 is 2.00 bits per heavy atom. The van der Waals surface area contributed by atoms with Crippen molar-refractivity contribution in [1.82, 2.24) is 0 Å². The zero-order valence-corrected chi connectivity index (χ0v) is 14.1. The van der Waals surface area contributed by atoms with E-state index in [4.69, 9.17) is 4.12 Å². The lowest BCUT2D eigenvalue weighted by Gasteiger charge is -2.38. The molecule has 3 heteroatoms. The van der Waals surface area contributed by atoms with Crippen molar-refractivity contribution in [2.45, 2.75) is 51.1 Å². The molecule has 0 bridgehead atoms. The van der Waals surface area contributed by atoms with Crippen LogP contribution in [0.5, 0.6) is 0 Å². The van der Waals surface area contributed by atoms with E-state index in [1.54, 1.807) is 0 Å². The molecular weight excluding hydrogens is 240 g/mol. The Balaban J connectivity index is 2.82. The van der Waals surface area contributed by atoms with Crippen LogP contribution in [-0.4, -0.2) is 16.6 Å². The van der Waals surface area contributed by atoms with Gasteiger partial charge < -0.3 is 4.12 Å². The molecule has 3 atom stereocenters. The van der Waals surface area contributed by atoms with Gasteiger partial charge in [0.2, 0.25) is 0 Å². The smallest absolute Gasteiger partial charge is 0.177 e. The van der Waals surface area contributed by atoms with Crippen molar-refractivity contribution in [3.8, 4) is 0 Å². The summed E-state index contributed by atoms with van der Waals surface area (Å²) in [4.78, 5) is 0. The fourth-order valence-electron chi connectivity index (χ4n) is 3.23. The van der Waals surface area contributed by atoms with Crippen LogP contribution in [0.1, 0.15) is 12.8 Å². The van der Waals surface area contributed by atoms with E-state index in [9.17, 15) is 0 Å². The fourth-order valence-corrected chi connectivity index (χ4v) is 12.3. The lowest BCUT2D eigenvalue weighted by Crippen LogP contribution is -2.46. The predicted molar refractivity (Wildman–Crippen MR) is 82.3 cm³/mol. The molecule has 1 saturated carbocycles. The van der Waals surface area contributed by atoms with Crippen LogP contribution in [-0.2, 0) is 4.12 Å². The van der Waals surface area contributed by atoms with Gasteiger partial charge in [0, 0.05) is 0 Å². The van der Waals surface area contributed by atoms with Crippen LogP contribution in [0.2, 0.25) is 38.3 Å². The molecule has 98 valence electrons. The van der Waals surface area contributed by atoms with Crippen LogP contribution in [0.3, 0.4) is 0 Å². The summed E-state index contributed by atoms with van der Waals surface area (Å²) in [5, 5.41) is 0. The first kappa shape index (κ1) is 14.9. The van der Waals surface area contributed by atoms with E-state index in [-0.39, 0.29) is 0 Å². The quantitative estimate of drug-likeness (QED) is 0.513. The van der Waals surface area contributed by atoms with Crippen molar-refractivity contribution in [2.75, 3.05) is 0 Å². The fraction of sp³-hybridized carbons (Fsp3) is 0.714. The summed E-state index contributed by atoms with van der Waals surface area (Å²) >= 11 is 0. The second-order valence-corrected chi connectivity index (χ2v) is 15.8. The Bertz CT molecular complexity index is 291. The Kier molecular flexibility index (Phi) is 4.61. The van der Waals surface area contributed by atoms with E-state index in [0.717, 1.165) is 5.54 Å². The molecule has 1 aliphatic rings. The Labute approximate surface area is 109 Å². The van der Waals surface area contributed by atoms with Gasteiger partial charge in [0.15, 0.2) is 16.6 Å². The second kappa shape index (κ2) is 5.25. The zero-order chi connectivity index (χ0) is 13.3. The number of hydrogen-bond acceptors (Lipinski definition) is 1. The van der Waals surface area contributed by atoms with E-state index in [1.807, 2.05) is 0 Å². The SMILES string of the molecule is C=CC1CC(C=C)C([Si](C)(C)O[Si](C)(C)C)C1. The van der Waals surface area contributed by atoms with E-state index in [2.05, 4.69) is 58.0 Å². The van der Waals surface area contributed by atoms with E-state index in [1.165, 1.54) is 12.8 Å². The van der Waals surface area contributed by atoms with Crippen LogP contribution in [0.15, 0.2) is 25.3 Å². The molecular formula is C14H28OSi2. The minimum Gasteiger partial charge on any atom is -0.455 e. The van der Waals surface area contributed by atoms with Gasteiger partial charge in [0.05, 0.1) is 0 Å². The summed E-state index contributed by atoms with van der Waals surface area (Å²) in [6.07, 6.45) is 6.75. The van der Waals surface area contributed by atoms with Crippen LogP contribution in [0.4, 0.5) is 0 Å². The minimum atomic E-state index is -1.61. The van der Waals surface area contributed by atoms with Gasteiger partial charge in [-0.3, -0.25) is 0 Å². The van der Waals surface area contributed by atoms with Crippen molar-refractivity contribution in [2.24, 2.45) is 11.8 Å². The summed E-state index contributed by atoms with van der Waals surface area (Å²) in [5.41, 5.74) is 0.717. The van der Waals surface area contributed by atoms with Gasteiger partial charge in [-0.05, 0) is 63.0 Å². The normalized spacial score (nSPS) is 30.3. The van der Waals surface area contributed by atoms with E-state index < -0.39 is 16.6 Å². The Morgan fingerprint density at radius 1 is 1.00 bits per heavy atom. The van der Waals surface area contributed by atoms with Gasteiger partial charge >= 0.3 is 0 Å². The standard InChI is InChI=1S/C14H28OSi2/c1-8-12-10-13(9-2)14(11-12)17(6,7)15-16(3,4)5/h8-9,12-14H,1-2,10-11H2,3-7H3. The van der Waals surface area contributed by atoms with E-state index >= 15 is 0 Å². The average molecular weight is 269 g/mol. The van der Waals surface area contributed by atoms with Crippen molar-refractivity contribution in [1.29, 1.82) is 0 Å². The van der Waals surface area contributed by atoms with Gasteiger partial charge in [-0.1, -0.05) is 12.2 Å². The van der Waals surface area contributed by atoms with Gasteiger partial charge in [0.1, 0.15) is 0 Å². The first-order chi connectivity index (χ1) is 7.69. The molecule has 3 unspecified atom stereocenters. The monoisotopic (exact) mass is 268 g/mol. The molecule has 0 N–H and O–H groups in total. The molecule has 1 aliphatic carbocycles. The van der Waals surface area contributed by atoms with E-state index in [0.29, 0.717) is 11.8 Å². The molecule has 1 rings (SSSR count).